The maximum absolute atomic E-state index is 11.5. The molecule has 29 heavy (non-hydrogen) atoms. The Labute approximate surface area is 175 Å². The van der Waals surface area contributed by atoms with E-state index in [1.54, 1.807) is 12.1 Å². The topological polar surface area (TPSA) is 98.3 Å². The summed E-state index contributed by atoms with van der Waals surface area (Å²) in [6.07, 6.45) is 1.42. The summed E-state index contributed by atoms with van der Waals surface area (Å²) in [7, 11) is 2.83. The maximum Gasteiger partial charge on any atom is 0.280 e. The lowest BCUT2D eigenvalue weighted by molar-refractivity contribution is -0.385. The molecule has 7 nitrogen and oxygen atoms in total. The zero-order valence-corrected chi connectivity index (χ0v) is 17.0. The summed E-state index contributed by atoms with van der Waals surface area (Å²) in [5.74, 6) is 0.553. The van der Waals surface area contributed by atoms with Crippen LogP contribution < -0.4 is 9.47 Å². The van der Waals surface area contributed by atoms with Crippen molar-refractivity contribution < 1.29 is 14.4 Å². The molecule has 0 aliphatic carbocycles. The van der Waals surface area contributed by atoms with E-state index in [2.05, 4.69) is 11.1 Å². The number of nitrogens with zero attached hydrogens (tertiary/aromatic N) is 3. The molecule has 0 aliphatic heterocycles. The number of halogens is 1. The molecule has 9 heteroatoms. The van der Waals surface area contributed by atoms with Crippen molar-refractivity contribution in [2.45, 2.75) is 0 Å². The Kier molecular flexibility index (Phi) is 6.12. The number of allylic oxidation sites excluding steroid dienone is 1. The van der Waals surface area contributed by atoms with Gasteiger partial charge in [0.05, 0.1) is 42.0 Å². The molecule has 1 heterocycles. The minimum Gasteiger partial charge on any atom is -0.493 e. The lowest BCUT2D eigenvalue weighted by Gasteiger charge is -2.09. The van der Waals surface area contributed by atoms with Crippen LogP contribution in [0.5, 0.6) is 11.5 Å². The lowest BCUT2D eigenvalue weighted by atomic mass is 10.1. The summed E-state index contributed by atoms with van der Waals surface area (Å²) in [6, 6.07) is 12.0. The van der Waals surface area contributed by atoms with Crippen molar-refractivity contribution in [2.24, 2.45) is 0 Å². The van der Waals surface area contributed by atoms with Crippen molar-refractivity contribution in [1.82, 2.24) is 4.98 Å². The summed E-state index contributed by atoms with van der Waals surface area (Å²) < 4.78 is 10.3. The normalized spacial score (nSPS) is 11.0. The van der Waals surface area contributed by atoms with Crippen LogP contribution >= 0.6 is 22.9 Å². The number of nitro benzene ring substituents is 1. The molecule has 3 aromatic rings. The van der Waals surface area contributed by atoms with Crippen molar-refractivity contribution in [3.05, 3.63) is 67.5 Å². The van der Waals surface area contributed by atoms with Crippen LogP contribution in [0.15, 0.2) is 41.8 Å². The smallest absolute Gasteiger partial charge is 0.280 e. The molecule has 0 amide bonds. The Hall–Kier alpha value is -3.41. The van der Waals surface area contributed by atoms with E-state index in [-0.39, 0.29) is 22.6 Å². The van der Waals surface area contributed by atoms with Gasteiger partial charge in [-0.25, -0.2) is 4.98 Å². The van der Waals surface area contributed by atoms with Gasteiger partial charge in [-0.1, -0.05) is 23.7 Å². The number of thiazole rings is 1. The fraction of sp³-hybridized carbons (Fsp3) is 0.100. The van der Waals surface area contributed by atoms with Crippen molar-refractivity contribution in [3.8, 4) is 28.8 Å². The highest BCUT2D eigenvalue weighted by Crippen LogP contribution is 2.37. The lowest BCUT2D eigenvalue weighted by Crippen LogP contribution is -1.97. The molecule has 146 valence electrons. The molecule has 0 aliphatic rings. The number of ether oxygens (including phenoxy) is 2. The average Bonchev–Trinajstić information content (AvgIpc) is 3.21. The standard InChI is InChI=1S/C20H14ClN3O4S/c1-27-18-8-13(17(24(25)26)9-19(18)28-2)7-14(10-22)20-23-16(11-29-20)12-3-5-15(21)6-4-12/h3-9,11H,1-2H3/b14-7+. The van der Waals surface area contributed by atoms with E-state index in [0.717, 1.165) is 5.56 Å². The second-order valence-electron chi connectivity index (χ2n) is 5.74. The highest BCUT2D eigenvalue weighted by Gasteiger charge is 2.20. The Morgan fingerprint density at radius 2 is 1.90 bits per heavy atom. The molecule has 0 spiro atoms. The molecule has 0 unspecified atom stereocenters. The van der Waals surface area contributed by atoms with E-state index in [4.69, 9.17) is 21.1 Å². The number of nitro groups is 1. The minimum atomic E-state index is -0.538. The molecule has 0 radical (unpaired) electrons. The number of rotatable bonds is 6. The van der Waals surface area contributed by atoms with Crippen LogP contribution in [0.3, 0.4) is 0 Å². The van der Waals surface area contributed by atoms with Gasteiger partial charge in [-0.05, 0) is 24.3 Å². The van der Waals surface area contributed by atoms with Gasteiger partial charge in [0.15, 0.2) is 11.5 Å². The molecular weight excluding hydrogens is 414 g/mol. The van der Waals surface area contributed by atoms with Gasteiger partial charge >= 0.3 is 0 Å². The summed E-state index contributed by atoms with van der Waals surface area (Å²) in [4.78, 5) is 15.4. The van der Waals surface area contributed by atoms with Gasteiger partial charge in [-0.3, -0.25) is 10.1 Å². The van der Waals surface area contributed by atoms with Gasteiger partial charge in [-0.15, -0.1) is 11.3 Å². The number of hydrogen-bond donors (Lipinski definition) is 0. The Bertz CT molecular complexity index is 1130. The number of benzene rings is 2. The fourth-order valence-electron chi connectivity index (χ4n) is 2.61. The van der Waals surface area contributed by atoms with Crippen LogP contribution in [-0.4, -0.2) is 24.1 Å². The van der Waals surface area contributed by atoms with Crippen LogP contribution in [0.25, 0.3) is 22.9 Å². The number of hydrogen-bond acceptors (Lipinski definition) is 7. The van der Waals surface area contributed by atoms with Crippen LogP contribution in [0.2, 0.25) is 5.02 Å². The average molecular weight is 428 g/mol. The monoisotopic (exact) mass is 427 g/mol. The first-order valence-electron chi connectivity index (χ1n) is 8.21. The van der Waals surface area contributed by atoms with Crippen LogP contribution in [0, 0.1) is 21.4 Å². The first-order valence-corrected chi connectivity index (χ1v) is 9.46. The molecule has 0 bridgehead atoms. The van der Waals surface area contributed by atoms with E-state index >= 15 is 0 Å². The molecule has 0 atom stereocenters. The SMILES string of the molecule is COc1cc(/C=C(\C#N)c2nc(-c3ccc(Cl)cc3)cs2)c([N+](=O)[O-])cc1OC. The van der Waals surface area contributed by atoms with Gasteiger partial charge in [-0.2, -0.15) is 5.26 Å². The summed E-state index contributed by atoms with van der Waals surface area (Å²) in [5, 5.41) is 24.0. The molecule has 1 aromatic heterocycles. The third-order valence-corrected chi connectivity index (χ3v) is 5.15. The fourth-order valence-corrected chi connectivity index (χ4v) is 3.53. The van der Waals surface area contributed by atoms with Gasteiger partial charge < -0.3 is 9.47 Å². The maximum atomic E-state index is 11.5. The van der Waals surface area contributed by atoms with Gasteiger partial charge in [0.2, 0.25) is 0 Å². The summed E-state index contributed by atoms with van der Waals surface area (Å²) >= 11 is 7.18. The van der Waals surface area contributed by atoms with E-state index in [0.29, 0.717) is 21.5 Å². The zero-order valence-electron chi connectivity index (χ0n) is 15.4. The molecule has 0 N–H and O–H groups in total. The summed E-state index contributed by atoms with van der Waals surface area (Å²) in [5.41, 5.74) is 1.75. The van der Waals surface area contributed by atoms with Gasteiger partial charge in [0.1, 0.15) is 11.1 Å². The van der Waals surface area contributed by atoms with Crippen molar-refractivity contribution in [2.75, 3.05) is 14.2 Å². The zero-order chi connectivity index (χ0) is 21.0. The molecule has 0 saturated carbocycles. The van der Waals surface area contributed by atoms with Gasteiger partial charge in [0.25, 0.3) is 5.69 Å². The van der Waals surface area contributed by atoms with Crippen molar-refractivity contribution in [1.29, 1.82) is 5.26 Å². The van der Waals surface area contributed by atoms with Crippen molar-refractivity contribution in [3.63, 3.8) is 0 Å². The third-order valence-electron chi connectivity index (χ3n) is 4.02. The minimum absolute atomic E-state index is 0.200. The largest absolute Gasteiger partial charge is 0.493 e. The molecule has 0 fully saturated rings. The first kappa shape index (κ1) is 20.3. The van der Waals surface area contributed by atoms with E-state index in [9.17, 15) is 15.4 Å². The predicted octanol–water partition coefficient (Wildman–Crippen LogP) is 5.45. The Balaban J connectivity index is 2.06. The number of aromatic nitrogens is 1. The Morgan fingerprint density at radius 3 is 2.48 bits per heavy atom. The molecule has 0 saturated heterocycles. The molecule has 2 aromatic carbocycles. The predicted molar refractivity (Wildman–Crippen MR) is 112 cm³/mol. The van der Waals surface area contributed by atoms with Crippen LogP contribution in [0.1, 0.15) is 10.6 Å². The second-order valence-corrected chi connectivity index (χ2v) is 7.03. The Morgan fingerprint density at radius 1 is 1.24 bits per heavy atom. The highest BCUT2D eigenvalue weighted by molar-refractivity contribution is 7.11. The summed E-state index contributed by atoms with van der Waals surface area (Å²) in [6.45, 7) is 0. The van der Waals surface area contributed by atoms with E-state index < -0.39 is 4.92 Å². The quantitative estimate of drug-likeness (QED) is 0.294. The van der Waals surface area contributed by atoms with Crippen LogP contribution in [-0.2, 0) is 0 Å². The van der Waals surface area contributed by atoms with Crippen LogP contribution in [0.4, 0.5) is 5.69 Å². The highest BCUT2D eigenvalue weighted by atomic mass is 35.5. The molecular formula is C20H14ClN3O4S. The second kappa shape index (κ2) is 8.73. The van der Waals surface area contributed by atoms with Crippen molar-refractivity contribution >= 4 is 40.3 Å². The van der Waals surface area contributed by atoms with E-state index in [1.165, 1.54) is 43.8 Å². The number of methoxy groups -OCH3 is 2. The van der Waals surface area contributed by atoms with Gasteiger partial charge in [0, 0.05) is 16.0 Å². The molecule has 3 rings (SSSR count). The van der Waals surface area contributed by atoms with E-state index in [1.807, 2.05) is 17.5 Å². The first-order chi connectivity index (χ1) is 14.0. The third kappa shape index (κ3) is 4.37. The number of nitriles is 1.